The van der Waals surface area contributed by atoms with Crippen LogP contribution in [0.4, 0.5) is 4.79 Å². The summed E-state index contributed by atoms with van der Waals surface area (Å²) in [5.74, 6) is 0.881. The van der Waals surface area contributed by atoms with Crippen molar-refractivity contribution in [3.8, 4) is 0 Å². The first-order valence-corrected chi connectivity index (χ1v) is 16.3. The summed E-state index contributed by atoms with van der Waals surface area (Å²) in [4.78, 5) is 24.7. The molecule has 232 valence electrons. The largest absolute Gasteiger partial charge is 0.465 e. The Hall–Kier alpha value is -3.82. The van der Waals surface area contributed by atoms with Gasteiger partial charge in [0, 0.05) is 53.4 Å². The molecule has 0 aliphatic carbocycles. The third kappa shape index (κ3) is 9.11. The number of benzene rings is 3. The molecular weight excluding hydrogens is 625 g/mol. The van der Waals surface area contributed by atoms with Gasteiger partial charge >= 0.3 is 6.09 Å². The maximum Gasteiger partial charge on any atom is 0.405 e. The first-order valence-electron chi connectivity index (χ1n) is 14.7. The van der Waals surface area contributed by atoms with E-state index in [1.807, 2.05) is 60.7 Å². The van der Waals surface area contributed by atoms with Gasteiger partial charge in [0.25, 0.3) is 0 Å². The van der Waals surface area contributed by atoms with Crippen molar-refractivity contribution < 1.29 is 9.90 Å². The Morgan fingerprint density at radius 2 is 1.47 bits per heavy atom. The molecule has 0 radical (unpaired) electrons. The minimum atomic E-state index is -1.09. The molecule has 2 aromatic heterocycles. The highest BCUT2D eigenvalue weighted by atomic mass is 35.5. The molecule has 0 saturated heterocycles. The summed E-state index contributed by atoms with van der Waals surface area (Å²) >= 11 is 14.3. The summed E-state index contributed by atoms with van der Waals surface area (Å²) in [5, 5.41) is 14.9. The van der Waals surface area contributed by atoms with Crippen LogP contribution in [-0.2, 0) is 26.1 Å². The fourth-order valence-electron chi connectivity index (χ4n) is 5.17. The zero-order valence-electron chi connectivity index (χ0n) is 25.1. The lowest BCUT2D eigenvalue weighted by Crippen LogP contribution is -2.49. The molecule has 3 aromatic carbocycles. The molecule has 2 N–H and O–H groups in total. The van der Waals surface area contributed by atoms with Crippen LogP contribution in [0.1, 0.15) is 48.0 Å². The van der Waals surface area contributed by atoms with Crippen LogP contribution in [-0.4, -0.2) is 36.8 Å². The monoisotopic (exact) mass is 659 g/mol. The smallest absolute Gasteiger partial charge is 0.405 e. The minimum Gasteiger partial charge on any atom is -0.465 e. The standard InChI is InChI=1S/C35H35Cl2N5O2S/c1-24(2)33-34(45-30-18-28(36)17-29(37)19-30)42(23-27-13-15-38-16-14-27)32(39-33)20-31(40-35(43)44)41(21-25-9-5-3-6-10-25)22-26-11-7-4-8-12-26/h3-19,24,31,40H,20-23H2,1-2H3,(H,43,44). The number of rotatable bonds is 13. The zero-order chi connectivity index (χ0) is 31.8. The molecule has 1 amide bonds. The fourth-order valence-corrected chi connectivity index (χ4v) is 7.09. The van der Waals surface area contributed by atoms with Gasteiger partial charge < -0.3 is 15.0 Å². The average Bonchev–Trinajstić information content (AvgIpc) is 3.33. The quantitative estimate of drug-likeness (QED) is 0.123. The summed E-state index contributed by atoms with van der Waals surface area (Å²) in [7, 11) is 0. The van der Waals surface area contributed by atoms with Gasteiger partial charge in [0.15, 0.2) is 0 Å². The molecule has 0 aliphatic rings. The van der Waals surface area contributed by atoms with Gasteiger partial charge in [0.05, 0.1) is 11.9 Å². The lowest BCUT2D eigenvalue weighted by Gasteiger charge is -2.32. The first kappa shape index (κ1) is 32.6. The Balaban J connectivity index is 1.59. The number of nitrogens with zero attached hydrogens (tertiary/aromatic N) is 4. The van der Waals surface area contributed by atoms with Crippen molar-refractivity contribution in [2.24, 2.45) is 0 Å². The SMILES string of the molecule is CC(C)c1nc(CC(NC(=O)O)N(Cc2ccccc2)Cc2ccccc2)n(Cc2ccncc2)c1Sc1cc(Cl)cc(Cl)c1. The summed E-state index contributed by atoms with van der Waals surface area (Å²) in [6, 6.07) is 29.6. The molecule has 0 aliphatic heterocycles. The van der Waals surface area contributed by atoms with E-state index in [1.54, 1.807) is 30.2 Å². The Kier molecular flexibility index (Phi) is 11.2. The van der Waals surface area contributed by atoms with Crippen molar-refractivity contribution >= 4 is 41.1 Å². The van der Waals surface area contributed by atoms with E-state index >= 15 is 0 Å². The van der Waals surface area contributed by atoms with Crippen LogP contribution < -0.4 is 5.32 Å². The van der Waals surface area contributed by atoms with Gasteiger partial charge in [-0.25, -0.2) is 9.78 Å². The molecule has 1 atom stereocenters. The summed E-state index contributed by atoms with van der Waals surface area (Å²) in [6.45, 7) is 5.85. The number of carboxylic acid groups (broad SMARTS) is 1. The molecule has 7 nitrogen and oxygen atoms in total. The summed E-state index contributed by atoms with van der Waals surface area (Å²) in [6.07, 6.45) is 2.23. The number of aromatic nitrogens is 3. The van der Waals surface area contributed by atoms with Crippen LogP contribution >= 0.6 is 35.0 Å². The van der Waals surface area contributed by atoms with Crippen LogP contribution in [0, 0.1) is 0 Å². The number of hydrogen-bond acceptors (Lipinski definition) is 5. The van der Waals surface area contributed by atoms with E-state index in [0.29, 0.717) is 36.1 Å². The number of imidazole rings is 1. The lowest BCUT2D eigenvalue weighted by atomic mass is 10.1. The lowest BCUT2D eigenvalue weighted by molar-refractivity contribution is 0.127. The van der Waals surface area contributed by atoms with Crippen LogP contribution in [0.2, 0.25) is 10.0 Å². The van der Waals surface area contributed by atoms with Crippen molar-refractivity contribution in [3.63, 3.8) is 0 Å². The Bertz CT molecular complexity index is 1640. The van der Waals surface area contributed by atoms with Crippen molar-refractivity contribution in [2.75, 3.05) is 0 Å². The molecule has 0 spiro atoms. The summed E-state index contributed by atoms with van der Waals surface area (Å²) in [5.41, 5.74) is 4.15. The molecule has 1 unspecified atom stereocenters. The molecule has 5 rings (SSSR count). The van der Waals surface area contributed by atoms with Gasteiger partial charge in [-0.3, -0.25) is 9.88 Å². The number of pyridine rings is 1. The number of nitrogens with one attached hydrogen (secondary N) is 1. The zero-order valence-corrected chi connectivity index (χ0v) is 27.4. The van der Waals surface area contributed by atoms with E-state index in [0.717, 1.165) is 38.1 Å². The number of hydrogen-bond donors (Lipinski definition) is 2. The van der Waals surface area contributed by atoms with Crippen molar-refractivity contribution in [3.05, 3.63) is 142 Å². The molecule has 45 heavy (non-hydrogen) atoms. The van der Waals surface area contributed by atoms with Crippen LogP contribution in [0.5, 0.6) is 0 Å². The van der Waals surface area contributed by atoms with E-state index in [9.17, 15) is 9.90 Å². The van der Waals surface area contributed by atoms with E-state index in [1.165, 1.54) is 0 Å². The van der Waals surface area contributed by atoms with Gasteiger partial charge in [-0.2, -0.15) is 0 Å². The van der Waals surface area contributed by atoms with Crippen molar-refractivity contribution in [1.29, 1.82) is 0 Å². The Labute approximate surface area is 278 Å². The second-order valence-electron chi connectivity index (χ2n) is 11.1. The van der Waals surface area contributed by atoms with Gasteiger partial charge in [-0.1, -0.05) is 109 Å². The van der Waals surface area contributed by atoms with Gasteiger partial charge in [-0.05, 0) is 52.9 Å². The number of amides is 1. The third-order valence-electron chi connectivity index (χ3n) is 7.28. The maximum absolute atomic E-state index is 12.3. The highest BCUT2D eigenvalue weighted by molar-refractivity contribution is 7.99. The topological polar surface area (TPSA) is 83.3 Å². The van der Waals surface area contributed by atoms with Crippen LogP contribution in [0.15, 0.2) is 113 Å². The molecule has 0 bridgehead atoms. The highest BCUT2D eigenvalue weighted by Gasteiger charge is 2.27. The second-order valence-corrected chi connectivity index (χ2v) is 13.0. The van der Waals surface area contributed by atoms with Crippen LogP contribution in [0.3, 0.4) is 0 Å². The molecule has 5 aromatic rings. The molecule has 0 saturated carbocycles. The molecule has 2 heterocycles. The average molecular weight is 661 g/mol. The molecule has 10 heteroatoms. The van der Waals surface area contributed by atoms with Crippen LogP contribution in [0.25, 0.3) is 0 Å². The first-order chi connectivity index (χ1) is 21.7. The second kappa shape index (κ2) is 15.5. The maximum atomic E-state index is 12.3. The van der Waals surface area contributed by atoms with Gasteiger partial charge in [0.1, 0.15) is 10.9 Å². The van der Waals surface area contributed by atoms with Crippen molar-refractivity contribution in [2.45, 2.75) is 61.9 Å². The summed E-state index contributed by atoms with van der Waals surface area (Å²) < 4.78 is 2.18. The van der Waals surface area contributed by atoms with E-state index in [-0.39, 0.29) is 5.92 Å². The van der Waals surface area contributed by atoms with Gasteiger partial charge in [0.2, 0.25) is 0 Å². The van der Waals surface area contributed by atoms with E-state index < -0.39 is 12.3 Å². The van der Waals surface area contributed by atoms with E-state index in [2.05, 4.69) is 57.9 Å². The highest BCUT2D eigenvalue weighted by Crippen LogP contribution is 2.38. The predicted molar refractivity (Wildman–Crippen MR) is 181 cm³/mol. The number of halogens is 2. The third-order valence-corrected chi connectivity index (χ3v) is 8.81. The van der Waals surface area contributed by atoms with E-state index in [4.69, 9.17) is 28.2 Å². The molecule has 0 fully saturated rings. The fraction of sp³-hybridized carbons (Fsp3) is 0.229. The number of carbonyl (C=O) groups is 1. The molecular formula is C35H35Cl2N5O2S. The normalized spacial score (nSPS) is 12.0. The Morgan fingerprint density at radius 3 is 2.00 bits per heavy atom. The predicted octanol–water partition coefficient (Wildman–Crippen LogP) is 8.75. The van der Waals surface area contributed by atoms with Crippen molar-refractivity contribution in [1.82, 2.24) is 24.8 Å². The van der Waals surface area contributed by atoms with Gasteiger partial charge in [-0.15, -0.1) is 0 Å². The minimum absolute atomic E-state index is 0.107. The Morgan fingerprint density at radius 1 is 0.889 bits per heavy atom.